The summed E-state index contributed by atoms with van der Waals surface area (Å²) in [5.41, 5.74) is 1.69. The van der Waals surface area contributed by atoms with Crippen molar-refractivity contribution < 1.29 is 9.53 Å². The third-order valence-corrected chi connectivity index (χ3v) is 3.17. The summed E-state index contributed by atoms with van der Waals surface area (Å²) in [6.07, 6.45) is 2.64. The van der Waals surface area contributed by atoms with Gasteiger partial charge in [0.2, 0.25) is 0 Å². The number of anilines is 1. The molecule has 2 aromatic rings. The van der Waals surface area contributed by atoms with Gasteiger partial charge in [0, 0.05) is 23.9 Å². The number of carbonyl (C=O) groups excluding carboxylic acids is 1. The summed E-state index contributed by atoms with van der Waals surface area (Å²) in [5, 5.41) is 0. The van der Waals surface area contributed by atoms with Gasteiger partial charge in [0.1, 0.15) is 24.5 Å². The van der Waals surface area contributed by atoms with Gasteiger partial charge in [-0.1, -0.05) is 6.07 Å². The maximum atomic E-state index is 10.9. The smallest absolute Gasteiger partial charge is 0.150 e. The van der Waals surface area contributed by atoms with E-state index >= 15 is 0 Å². The largest absolute Gasteiger partial charge is 0.491 e. The molecule has 4 nitrogen and oxygen atoms in total. The molecule has 0 fully saturated rings. The standard InChI is InChI=1S/C15H14N2O2/c18-11-12-4-5-14-13(9-12)10-17(7-8-19-14)15-3-1-2-6-16-15/h1-6,9,11H,7-8,10H2. The van der Waals surface area contributed by atoms with E-state index in [9.17, 15) is 4.79 Å². The van der Waals surface area contributed by atoms with Crippen LogP contribution < -0.4 is 9.64 Å². The van der Waals surface area contributed by atoms with Gasteiger partial charge in [-0.05, 0) is 30.3 Å². The van der Waals surface area contributed by atoms with Gasteiger partial charge in [0.25, 0.3) is 0 Å². The molecule has 19 heavy (non-hydrogen) atoms. The van der Waals surface area contributed by atoms with Gasteiger partial charge in [-0.15, -0.1) is 0 Å². The molecule has 1 aliphatic rings. The number of fused-ring (bicyclic) bond motifs is 1. The van der Waals surface area contributed by atoms with E-state index in [0.717, 1.165) is 30.0 Å². The molecule has 0 unspecified atom stereocenters. The molecule has 2 heterocycles. The molecule has 3 rings (SSSR count). The van der Waals surface area contributed by atoms with Crippen LogP contribution in [-0.2, 0) is 6.54 Å². The van der Waals surface area contributed by atoms with Crippen molar-refractivity contribution in [3.63, 3.8) is 0 Å². The van der Waals surface area contributed by atoms with E-state index in [1.165, 1.54) is 0 Å². The summed E-state index contributed by atoms with van der Waals surface area (Å²) in [6.45, 7) is 2.10. The average molecular weight is 254 g/mol. The van der Waals surface area contributed by atoms with Crippen LogP contribution in [0.2, 0.25) is 0 Å². The first-order chi connectivity index (χ1) is 9.36. The maximum absolute atomic E-state index is 10.9. The molecule has 1 aliphatic heterocycles. The molecule has 0 saturated carbocycles. The summed E-state index contributed by atoms with van der Waals surface area (Å²) in [5.74, 6) is 1.78. The van der Waals surface area contributed by atoms with Crippen LogP contribution in [0.4, 0.5) is 5.82 Å². The molecule has 0 bridgehead atoms. The molecule has 1 aromatic heterocycles. The Kier molecular flexibility index (Phi) is 3.14. The topological polar surface area (TPSA) is 42.4 Å². The number of pyridine rings is 1. The minimum Gasteiger partial charge on any atom is -0.491 e. The lowest BCUT2D eigenvalue weighted by Crippen LogP contribution is -2.25. The Morgan fingerprint density at radius 2 is 2.21 bits per heavy atom. The highest BCUT2D eigenvalue weighted by Gasteiger charge is 2.16. The van der Waals surface area contributed by atoms with Crippen LogP contribution in [-0.4, -0.2) is 24.4 Å². The van der Waals surface area contributed by atoms with Crippen molar-refractivity contribution >= 4 is 12.1 Å². The molecule has 4 heteroatoms. The fourth-order valence-electron chi connectivity index (χ4n) is 2.22. The van der Waals surface area contributed by atoms with Gasteiger partial charge in [-0.3, -0.25) is 4.79 Å². The highest BCUT2D eigenvalue weighted by atomic mass is 16.5. The molecule has 0 spiro atoms. The van der Waals surface area contributed by atoms with Crippen molar-refractivity contribution in [2.24, 2.45) is 0 Å². The Hall–Kier alpha value is -2.36. The number of benzene rings is 1. The van der Waals surface area contributed by atoms with Crippen molar-refractivity contribution in [2.45, 2.75) is 6.54 Å². The minimum absolute atomic E-state index is 0.615. The lowest BCUT2D eigenvalue weighted by atomic mass is 10.1. The first kappa shape index (κ1) is 11.7. The van der Waals surface area contributed by atoms with Crippen LogP contribution in [0.3, 0.4) is 0 Å². The fraction of sp³-hybridized carbons (Fsp3) is 0.200. The summed E-state index contributed by atoms with van der Waals surface area (Å²) in [4.78, 5) is 17.4. The highest BCUT2D eigenvalue weighted by molar-refractivity contribution is 5.75. The van der Waals surface area contributed by atoms with Gasteiger partial charge in [0.05, 0.1) is 6.54 Å². The highest BCUT2D eigenvalue weighted by Crippen LogP contribution is 2.25. The molecular formula is C15H14N2O2. The van der Waals surface area contributed by atoms with Crippen LogP contribution in [0.15, 0.2) is 42.6 Å². The summed E-state index contributed by atoms with van der Waals surface area (Å²) < 4.78 is 5.71. The second-order valence-corrected chi connectivity index (χ2v) is 4.44. The van der Waals surface area contributed by atoms with Crippen LogP contribution in [0, 0.1) is 0 Å². The van der Waals surface area contributed by atoms with Gasteiger partial charge in [-0.2, -0.15) is 0 Å². The summed E-state index contributed by atoms with van der Waals surface area (Å²) in [6, 6.07) is 11.4. The van der Waals surface area contributed by atoms with E-state index in [4.69, 9.17) is 4.74 Å². The number of nitrogens with zero attached hydrogens (tertiary/aromatic N) is 2. The van der Waals surface area contributed by atoms with E-state index in [0.29, 0.717) is 18.7 Å². The molecule has 0 atom stereocenters. The lowest BCUT2D eigenvalue weighted by molar-refractivity contribution is 0.112. The first-order valence-electron chi connectivity index (χ1n) is 6.24. The van der Waals surface area contributed by atoms with Crippen LogP contribution in [0.25, 0.3) is 0 Å². The molecule has 0 saturated heterocycles. The molecule has 0 N–H and O–H groups in total. The first-order valence-corrected chi connectivity index (χ1v) is 6.24. The predicted octanol–water partition coefficient (Wildman–Crippen LogP) is 2.29. The van der Waals surface area contributed by atoms with Crippen molar-refractivity contribution in [1.82, 2.24) is 4.98 Å². The van der Waals surface area contributed by atoms with Crippen molar-refractivity contribution in [2.75, 3.05) is 18.1 Å². The van der Waals surface area contributed by atoms with Crippen molar-refractivity contribution in [1.29, 1.82) is 0 Å². The van der Waals surface area contributed by atoms with Gasteiger partial charge >= 0.3 is 0 Å². The maximum Gasteiger partial charge on any atom is 0.150 e. The number of carbonyl (C=O) groups is 1. The van der Waals surface area contributed by atoms with Gasteiger partial charge in [-0.25, -0.2) is 4.98 Å². The zero-order valence-electron chi connectivity index (χ0n) is 10.5. The van der Waals surface area contributed by atoms with Gasteiger partial charge < -0.3 is 9.64 Å². The number of hydrogen-bond donors (Lipinski definition) is 0. The SMILES string of the molecule is O=Cc1ccc2c(c1)CN(c1ccccn1)CCO2. The van der Waals surface area contributed by atoms with E-state index in [1.54, 1.807) is 12.3 Å². The average Bonchev–Trinajstić information content (AvgIpc) is 2.69. The molecular weight excluding hydrogens is 240 g/mol. The second-order valence-electron chi connectivity index (χ2n) is 4.44. The lowest BCUT2D eigenvalue weighted by Gasteiger charge is -2.20. The third kappa shape index (κ3) is 2.42. The Labute approximate surface area is 111 Å². The van der Waals surface area contributed by atoms with E-state index in [-0.39, 0.29) is 0 Å². The molecule has 0 amide bonds. The van der Waals surface area contributed by atoms with E-state index in [2.05, 4.69) is 9.88 Å². The van der Waals surface area contributed by atoms with E-state index < -0.39 is 0 Å². The Bertz CT molecular complexity index is 584. The number of ether oxygens (including phenoxy) is 1. The Morgan fingerprint density at radius 1 is 1.26 bits per heavy atom. The summed E-state index contributed by atoms with van der Waals surface area (Å²) >= 11 is 0. The minimum atomic E-state index is 0.615. The molecule has 1 aromatic carbocycles. The number of hydrogen-bond acceptors (Lipinski definition) is 4. The third-order valence-electron chi connectivity index (χ3n) is 3.17. The quantitative estimate of drug-likeness (QED) is 0.771. The van der Waals surface area contributed by atoms with E-state index in [1.807, 2.05) is 30.3 Å². The molecule has 96 valence electrons. The van der Waals surface area contributed by atoms with Crippen molar-refractivity contribution in [3.05, 3.63) is 53.7 Å². The zero-order valence-corrected chi connectivity index (χ0v) is 10.5. The monoisotopic (exact) mass is 254 g/mol. The van der Waals surface area contributed by atoms with Crippen LogP contribution >= 0.6 is 0 Å². The second kappa shape index (κ2) is 5.10. The zero-order chi connectivity index (χ0) is 13.1. The Balaban J connectivity index is 1.93. The number of aldehydes is 1. The fourth-order valence-corrected chi connectivity index (χ4v) is 2.22. The molecule has 0 radical (unpaired) electrons. The van der Waals surface area contributed by atoms with Crippen molar-refractivity contribution in [3.8, 4) is 5.75 Å². The molecule has 0 aliphatic carbocycles. The van der Waals surface area contributed by atoms with Crippen LogP contribution in [0.5, 0.6) is 5.75 Å². The van der Waals surface area contributed by atoms with Crippen LogP contribution in [0.1, 0.15) is 15.9 Å². The Morgan fingerprint density at radius 3 is 3.00 bits per heavy atom. The van der Waals surface area contributed by atoms with Gasteiger partial charge in [0.15, 0.2) is 0 Å². The number of rotatable bonds is 2. The normalized spacial score (nSPS) is 14.2. The predicted molar refractivity (Wildman–Crippen MR) is 72.6 cm³/mol. The number of aromatic nitrogens is 1. The summed E-state index contributed by atoms with van der Waals surface area (Å²) in [7, 11) is 0.